The van der Waals surface area contributed by atoms with Crippen LogP contribution in [0, 0.1) is 20.8 Å². The van der Waals surface area contributed by atoms with Crippen molar-refractivity contribution in [3.63, 3.8) is 0 Å². The Hall–Kier alpha value is -1.39. The highest BCUT2D eigenvalue weighted by Crippen LogP contribution is 2.34. The summed E-state index contributed by atoms with van der Waals surface area (Å²) in [6.45, 7) is 9.95. The fraction of sp³-hybridized carbons (Fsp3) is 0.438. The molecule has 0 spiro atoms. The van der Waals surface area contributed by atoms with E-state index in [1.54, 1.807) is 11.3 Å². The van der Waals surface area contributed by atoms with Crippen LogP contribution in [0.1, 0.15) is 16.0 Å². The van der Waals surface area contributed by atoms with Crippen molar-refractivity contribution in [1.29, 1.82) is 0 Å². The van der Waals surface area contributed by atoms with Crippen LogP contribution < -0.4 is 4.90 Å². The second-order valence-corrected chi connectivity index (χ2v) is 6.50. The summed E-state index contributed by atoms with van der Waals surface area (Å²) in [6, 6.07) is 6.57. The maximum absolute atomic E-state index is 5.41. The molecule has 0 unspecified atom stereocenters. The van der Waals surface area contributed by atoms with Crippen LogP contribution in [0.4, 0.5) is 5.13 Å². The summed E-state index contributed by atoms with van der Waals surface area (Å²) in [4.78, 5) is 8.52. The van der Waals surface area contributed by atoms with Gasteiger partial charge in [0.25, 0.3) is 0 Å². The summed E-state index contributed by atoms with van der Waals surface area (Å²) < 4.78 is 5.41. The second-order valence-electron chi connectivity index (χ2n) is 5.32. The highest BCUT2D eigenvalue weighted by atomic mass is 32.1. The highest BCUT2D eigenvalue weighted by Gasteiger charge is 2.18. The Morgan fingerprint density at radius 3 is 2.65 bits per heavy atom. The molecule has 0 N–H and O–H groups in total. The quantitative estimate of drug-likeness (QED) is 0.844. The Morgan fingerprint density at radius 2 is 1.90 bits per heavy atom. The summed E-state index contributed by atoms with van der Waals surface area (Å²) >= 11 is 1.79. The Bertz CT molecular complexity index is 615. The molecule has 3 nitrogen and oxygen atoms in total. The van der Waals surface area contributed by atoms with E-state index in [1.807, 2.05) is 0 Å². The lowest BCUT2D eigenvalue weighted by Crippen LogP contribution is -2.36. The first-order valence-electron chi connectivity index (χ1n) is 7.03. The fourth-order valence-electron chi connectivity index (χ4n) is 2.51. The van der Waals surface area contributed by atoms with Gasteiger partial charge in [-0.05, 0) is 32.4 Å². The molecule has 1 aromatic heterocycles. The normalized spacial score (nSPS) is 15.7. The molecule has 1 saturated heterocycles. The third-order valence-electron chi connectivity index (χ3n) is 3.72. The molecule has 4 heteroatoms. The van der Waals surface area contributed by atoms with Crippen molar-refractivity contribution in [3.8, 4) is 11.3 Å². The van der Waals surface area contributed by atoms with Crippen molar-refractivity contribution in [3.05, 3.63) is 34.2 Å². The standard InChI is InChI=1S/C16H20N2OS/c1-11-4-5-12(2)14(10-11)15-13(3)20-16(17-15)18-6-8-19-9-7-18/h4-5,10H,6-9H2,1-3H3. The number of rotatable bonds is 2. The summed E-state index contributed by atoms with van der Waals surface area (Å²) in [5, 5.41) is 1.13. The topological polar surface area (TPSA) is 25.4 Å². The number of thiazole rings is 1. The van der Waals surface area contributed by atoms with Crippen LogP contribution >= 0.6 is 11.3 Å². The molecule has 20 heavy (non-hydrogen) atoms. The Kier molecular flexibility index (Phi) is 3.76. The molecule has 0 aliphatic carbocycles. The minimum Gasteiger partial charge on any atom is -0.378 e. The van der Waals surface area contributed by atoms with Gasteiger partial charge in [-0.2, -0.15) is 0 Å². The van der Waals surface area contributed by atoms with E-state index in [2.05, 4.69) is 43.9 Å². The van der Waals surface area contributed by atoms with Gasteiger partial charge in [0.05, 0.1) is 18.9 Å². The fourth-order valence-corrected chi connectivity index (χ4v) is 3.49. The Morgan fingerprint density at radius 1 is 1.15 bits per heavy atom. The van der Waals surface area contributed by atoms with Gasteiger partial charge in [-0.25, -0.2) is 4.98 Å². The van der Waals surface area contributed by atoms with Crippen LogP contribution in [-0.4, -0.2) is 31.3 Å². The van der Waals surface area contributed by atoms with Gasteiger partial charge in [0.15, 0.2) is 5.13 Å². The first-order valence-corrected chi connectivity index (χ1v) is 7.84. The zero-order valence-electron chi connectivity index (χ0n) is 12.3. The predicted octanol–water partition coefficient (Wildman–Crippen LogP) is 3.57. The van der Waals surface area contributed by atoms with Crippen LogP contribution in [-0.2, 0) is 4.74 Å². The first kappa shape index (κ1) is 13.6. The van der Waals surface area contributed by atoms with Gasteiger partial charge in [0, 0.05) is 23.5 Å². The van der Waals surface area contributed by atoms with Crippen molar-refractivity contribution in [2.75, 3.05) is 31.2 Å². The zero-order chi connectivity index (χ0) is 14.1. The molecular weight excluding hydrogens is 268 g/mol. The number of morpholine rings is 1. The van der Waals surface area contributed by atoms with E-state index in [0.29, 0.717) is 0 Å². The van der Waals surface area contributed by atoms with Crippen molar-refractivity contribution < 1.29 is 4.74 Å². The molecule has 1 aliphatic heterocycles. The summed E-state index contributed by atoms with van der Waals surface area (Å²) in [7, 11) is 0. The van der Waals surface area contributed by atoms with Gasteiger partial charge in [0.1, 0.15) is 0 Å². The largest absolute Gasteiger partial charge is 0.378 e. The van der Waals surface area contributed by atoms with E-state index in [0.717, 1.165) is 37.1 Å². The van der Waals surface area contributed by atoms with Gasteiger partial charge in [0.2, 0.25) is 0 Å². The van der Waals surface area contributed by atoms with E-state index in [4.69, 9.17) is 9.72 Å². The zero-order valence-corrected chi connectivity index (χ0v) is 13.1. The Balaban J connectivity index is 1.98. The molecular formula is C16H20N2OS. The third-order valence-corrected chi connectivity index (χ3v) is 4.75. The molecule has 106 valence electrons. The lowest BCUT2D eigenvalue weighted by atomic mass is 10.0. The SMILES string of the molecule is Cc1ccc(C)c(-c2nc(N3CCOCC3)sc2C)c1. The molecule has 3 rings (SSSR count). The number of aryl methyl sites for hydroxylation is 3. The van der Waals surface area contributed by atoms with E-state index in [1.165, 1.54) is 21.6 Å². The maximum Gasteiger partial charge on any atom is 0.186 e. The molecule has 1 aliphatic rings. The average Bonchev–Trinajstić information content (AvgIpc) is 2.84. The highest BCUT2D eigenvalue weighted by molar-refractivity contribution is 7.16. The molecule has 0 amide bonds. The predicted molar refractivity (Wildman–Crippen MR) is 84.8 cm³/mol. The van der Waals surface area contributed by atoms with Crippen molar-refractivity contribution in [2.24, 2.45) is 0 Å². The number of aromatic nitrogens is 1. The van der Waals surface area contributed by atoms with Crippen molar-refractivity contribution in [2.45, 2.75) is 20.8 Å². The van der Waals surface area contributed by atoms with E-state index in [-0.39, 0.29) is 0 Å². The van der Waals surface area contributed by atoms with Gasteiger partial charge in [-0.3, -0.25) is 0 Å². The molecule has 2 heterocycles. The van der Waals surface area contributed by atoms with E-state index >= 15 is 0 Å². The number of hydrogen-bond donors (Lipinski definition) is 0. The number of hydrogen-bond acceptors (Lipinski definition) is 4. The number of ether oxygens (including phenoxy) is 1. The van der Waals surface area contributed by atoms with Crippen LogP contribution in [0.25, 0.3) is 11.3 Å². The van der Waals surface area contributed by atoms with Crippen molar-refractivity contribution >= 4 is 16.5 Å². The molecule has 1 aromatic carbocycles. The molecule has 0 atom stereocenters. The van der Waals surface area contributed by atoms with E-state index < -0.39 is 0 Å². The van der Waals surface area contributed by atoms with Crippen LogP contribution in [0.3, 0.4) is 0 Å². The molecule has 0 radical (unpaired) electrons. The van der Waals surface area contributed by atoms with Gasteiger partial charge < -0.3 is 9.64 Å². The first-order chi connectivity index (χ1) is 9.65. The van der Waals surface area contributed by atoms with Crippen molar-refractivity contribution in [1.82, 2.24) is 4.98 Å². The van der Waals surface area contributed by atoms with Gasteiger partial charge >= 0.3 is 0 Å². The molecule has 1 fully saturated rings. The van der Waals surface area contributed by atoms with Crippen LogP contribution in [0.2, 0.25) is 0 Å². The lowest BCUT2D eigenvalue weighted by Gasteiger charge is -2.26. The average molecular weight is 288 g/mol. The van der Waals surface area contributed by atoms with Gasteiger partial charge in [-0.15, -0.1) is 11.3 Å². The minimum atomic E-state index is 0.803. The summed E-state index contributed by atoms with van der Waals surface area (Å²) in [5.74, 6) is 0. The second kappa shape index (κ2) is 5.54. The molecule has 0 bridgehead atoms. The van der Waals surface area contributed by atoms with Crippen LogP contribution in [0.5, 0.6) is 0 Å². The number of nitrogens with zero attached hydrogens (tertiary/aromatic N) is 2. The summed E-state index contributed by atoms with van der Waals surface area (Å²) in [5.41, 5.74) is 4.97. The Labute approximate surface area is 124 Å². The number of anilines is 1. The lowest BCUT2D eigenvalue weighted by molar-refractivity contribution is 0.122. The summed E-state index contributed by atoms with van der Waals surface area (Å²) in [6.07, 6.45) is 0. The smallest absolute Gasteiger partial charge is 0.186 e. The van der Waals surface area contributed by atoms with E-state index in [9.17, 15) is 0 Å². The third kappa shape index (κ3) is 2.58. The molecule has 2 aromatic rings. The maximum atomic E-state index is 5.41. The van der Waals surface area contributed by atoms with Crippen LogP contribution in [0.15, 0.2) is 18.2 Å². The monoisotopic (exact) mass is 288 g/mol. The molecule has 0 saturated carbocycles. The van der Waals surface area contributed by atoms with Gasteiger partial charge in [-0.1, -0.05) is 17.7 Å². The minimum absolute atomic E-state index is 0.803. The number of benzene rings is 1.